The highest BCUT2D eigenvalue weighted by molar-refractivity contribution is 7.00. The van der Waals surface area contributed by atoms with Crippen molar-refractivity contribution in [1.29, 1.82) is 0 Å². The Balaban J connectivity index is 1.07. The van der Waals surface area contributed by atoms with Crippen molar-refractivity contribution in [3.05, 3.63) is 175 Å². The molecule has 10 aromatic rings. The van der Waals surface area contributed by atoms with Crippen LogP contribution in [0.15, 0.2) is 173 Å². The zero-order valence-electron chi connectivity index (χ0n) is 35.4. The Labute approximate surface area is 356 Å². The highest BCUT2D eigenvalue weighted by Crippen LogP contribution is 2.46. The molecule has 2 aromatic heterocycles. The number of hydrogen-bond acceptors (Lipinski definition) is 4. The summed E-state index contributed by atoms with van der Waals surface area (Å²) in [6.45, 7) is 13.9. The standard InChI is InChI=1S/C56H45BN2O2/c1-55(2,3)36-21-27-46-44(31-36)57-45-32-37(56(4,5)6)22-28-47(45)59(39-25-26-42-40-12-7-9-16-50(40)61-53(42)33-39)49-15-11-14-48(54(49)57)58(46)38-23-18-34(19-24-38)35-20-29-52-43(30-35)41-13-8-10-17-51(41)60-52/h7-33H,1-6H3. The van der Waals surface area contributed by atoms with Gasteiger partial charge in [-0.25, -0.2) is 0 Å². The van der Waals surface area contributed by atoms with Crippen LogP contribution in [0, 0.1) is 0 Å². The van der Waals surface area contributed by atoms with Gasteiger partial charge in [-0.15, -0.1) is 0 Å². The Bertz CT molecular complexity index is 3410. The van der Waals surface area contributed by atoms with Crippen molar-refractivity contribution < 1.29 is 8.83 Å². The molecule has 0 unspecified atom stereocenters. The Morgan fingerprint density at radius 1 is 0.377 bits per heavy atom. The number of fused-ring (bicyclic) bond motifs is 10. The smallest absolute Gasteiger partial charge is 0.252 e. The number of hydrogen-bond donors (Lipinski definition) is 0. The second-order valence-electron chi connectivity index (χ2n) is 19.0. The molecule has 0 spiro atoms. The number of nitrogens with zero attached hydrogens (tertiary/aromatic N) is 2. The summed E-state index contributed by atoms with van der Waals surface area (Å²) < 4.78 is 12.7. The summed E-state index contributed by atoms with van der Waals surface area (Å²) >= 11 is 0. The van der Waals surface area contributed by atoms with Gasteiger partial charge in [0.1, 0.15) is 22.3 Å². The zero-order valence-corrected chi connectivity index (χ0v) is 35.4. The molecule has 0 saturated carbocycles. The lowest BCUT2D eigenvalue weighted by Gasteiger charge is -2.44. The summed E-state index contributed by atoms with van der Waals surface area (Å²) in [7, 11) is 0. The average molecular weight is 789 g/mol. The number of furan rings is 2. The van der Waals surface area contributed by atoms with Crippen LogP contribution in [-0.4, -0.2) is 6.71 Å². The fourth-order valence-corrected chi connectivity index (χ4v) is 10.00. The lowest BCUT2D eigenvalue weighted by atomic mass is 9.33. The number of rotatable bonds is 3. The van der Waals surface area contributed by atoms with Gasteiger partial charge in [0.15, 0.2) is 0 Å². The van der Waals surface area contributed by atoms with Gasteiger partial charge in [-0.05, 0) is 122 Å². The first-order valence-electron chi connectivity index (χ1n) is 21.4. The quantitative estimate of drug-likeness (QED) is 0.167. The van der Waals surface area contributed by atoms with Crippen molar-refractivity contribution in [2.24, 2.45) is 0 Å². The molecular weight excluding hydrogens is 743 g/mol. The zero-order chi connectivity index (χ0) is 41.4. The Morgan fingerprint density at radius 2 is 0.885 bits per heavy atom. The molecule has 61 heavy (non-hydrogen) atoms. The molecule has 12 rings (SSSR count). The third-order valence-corrected chi connectivity index (χ3v) is 13.2. The maximum Gasteiger partial charge on any atom is 0.252 e. The molecule has 2 aliphatic heterocycles. The van der Waals surface area contributed by atoms with E-state index in [0.717, 1.165) is 55.3 Å². The molecule has 5 heteroatoms. The molecule has 0 saturated heterocycles. The normalized spacial score (nSPS) is 13.6. The van der Waals surface area contributed by atoms with Crippen LogP contribution >= 0.6 is 0 Å². The molecular formula is C56H45BN2O2. The van der Waals surface area contributed by atoms with E-state index in [9.17, 15) is 0 Å². The molecule has 0 N–H and O–H groups in total. The molecule has 8 aromatic carbocycles. The first-order chi connectivity index (χ1) is 29.5. The van der Waals surface area contributed by atoms with Gasteiger partial charge in [-0.3, -0.25) is 0 Å². The Hall–Kier alpha value is -6.98. The summed E-state index contributed by atoms with van der Waals surface area (Å²) in [5.41, 5.74) is 19.5. The van der Waals surface area contributed by atoms with Crippen LogP contribution in [0.1, 0.15) is 52.7 Å². The van der Waals surface area contributed by atoms with Gasteiger partial charge in [0.25, 0.3) is 6.71 Å². The summed E-state index contributed by atoms with van der Waals surface area (Å²) in [4.78, 5) is 4.96. The minimum Gasteiger partial charge on any atom is -0.456 e. The largest absolute Gasteiger partial charge is 0.456 e. The fourth-order valence-electron chi connectivity index (χ4n) is 10.00. The minimum atomic E-state index is -0.0272. The number of benzene rings is 8. The van der Waals surface area contributed by atoms with Crippen molar-refractivity contribution in [2.75, 3.05) is 9.80 Å². The minimum absolute atomic E-state index is 0.0263. The van der Waals surface area contributed by atoms with Crippen molar-refractivity contribution in [3.63, 3.8) is 0 Å². The predicted molar refractivity (Wildman–Crippen MR) is 258 cm³/mol. The summed E-state index contributed by atoms with van der Waals surface area (Å²) in [5.74, 6) is 0. The summed E-state index contributed by atoms with van der Waals surface area (Å²) in [6.07, 6.45) is 0. The van der Waals surface area contributed by atoms with E-state index in [1.54, 1.807) is 0 Å². The van der Waals surface area contributed by atoms with E-state index in [2.05, 4.69) is 197 Å². The highest BCUT2D eigenvalue weighted by Gasteiger charge is 2.44. The van der Waals surface area contributed by atoms with E-state index in [1.807, 2.05) is 18.2 Å². The number of para-hydroxylation sites is 2. The third kappa shape index (κ3) is 5.46. The molecule has 294 valence electrons. The van der Waals surface area contributed by atoms with E-state index in [-0.39, 0.29) is 17.5 Å². The molecule has 0 fully saturated rings. The van der Waals surface area contributed by atoms with Crippen LogP contribution in [0.4, 0.5) is 34.1 Å². The van der Waals surface area contributed by atoms with Crippen molar-refractivity contribution in [2.45, 2.75) is 52.4 Å². The van der Waals surface area contributed by atoms with Gasteiger partial charge in [-0.2, -0.15) is 0 Å². The first-order valence-corrected chi connectivity index (χ1v) is 21.4. The lowest BCUT2D eigenvalue weighted by Crippen LogP contribution is -2.61. The first kappa shape index (κ1) is 35.9. The van der Waals surface area contributed by atoms with Crippen LogP contribution in [0.3, 0.4) is 0 Å². The molecule has 4 nitrogen and oxygen atoms in total. The lowest BCUT2D eigenvalue weighted by molar-refractivity contribution is 0.590. The van der Waals surface area contributed by atoms with Crippen molar-refractivity contribution in [1.82, 2.24) is 0 Å². The second-order valence-corrected chi connectivity index (χ2v) is 19.0. The molecule has 0 amide bonds. The van der Waals surface area contributed by atoms with Gasteiger partial charge in [0, 0.05) is 61.7 Å². The van der Waals surface area contributed by atoms with E-state index in [0.29, 0.717) is 0 Å². The molecule has 0 bridgehead atoms. The molecule has 0 aliphatic carbocycles. The van der Waals surface area contributed by atoms with E-state index in [4.69, 9.17) is 8.83 Å². The predicted octanol–water partition coefficient (Wildman–Crippen LogP) is 13.8. The van der Waals surface area contributed by atoms with Crippen LogP contribution in [0.25, 0.3) is 55.0 Å². The maximum absolute atomic E-state index is 6.51. The van der Waals surface area contributed by atoms with Gasteiger partial charge in [0.2, 0.25) is 0 Å². The van der Waals surface area contributed by atoms with Crippen molar-refractivity contribution in [3.8, 4) is 11.1 Å². The average Bonchev–Trinajstić information content (AvgIpc) is 3.83. The van der Waals surface area contributed by atoms with Gasteiger partial charge >= 0.3 is 0 Å². The SMILES string of the molecule is CC(C)(C)c1ccc2c(c1)B1c3cc(C(C)(C)C)ccc3N(c3ccc4c(c3)oc3ccccc34)c3cccc(c31)N2c1ccc(-c2ccc3oc4ccccc4c3c2)cc1. The molecule has 0 radical (unpaired) electrons. The van der Waals surface area contributed by atoms with Crippen molar-refractivity contribution >= 4 is 101 Å². The molecule has 0 atom stereocenters. The van der Waals surface area contributed by atoms with Crippen LogP contribution in [0.5, 0.6) is 0 Å². The van der Waals surface area contributed by atoms with Crippen LogP contribution < -0.4 is 26.2 Å². The van der Waals surface area contributed by atoms with Gasteiger partial charge in [0.05, 0.1) is 0 Å². The molecule has 2 aliphatic rings. The molecule has 4 heterocycles. The van der Waals surface area contributed by atoms with E-state index >= 15 is 0 Å². The van der Waals surface area contributed by atoms with Gasteiger partial charge in [-0.1, -0.05) is 126 Å². The van der Waals surface area contributed by atoms with E-state index < -0.39 is 0 Å². The van der Waals surface area contributed by atoms with Crippen LogP contribution in [-0.2, 0) is 10.8 Å². The Kier molecular flexibility index (Phi) is 7.52. The van der Waals surface area contributed by atoms with E-state index in [1.165, 1.54) is 61.4 Å². The van der Waals surface area contributed by atoms with Crippen LogP contribution in [0.2, 0.25) is 0 Å². The number of anilines is 6. The second kappa shape index (κ2) is 12.8. The fraction of sp³-hybridized carbons (Fsp3) is 0.143. The monoisotopic (exact) mass is 788 g/mol. The summed E-state index contributed by atoms with van der Waals surface area (Å²) in [5, 5.41) is 4.54. The third-order valence-electron chi connectivity index (χ3n) is 13.2. The summed E-state index contributed by atoms with van der Waals surface area (Å²) in [6, 6.07) is 60.2. The maximum atomic E-state index is 6.51. The Morgan fingerprint density at radius 3 is 1.51 bits per heavy atom. The highest BCUT2D eigenvalue weighted by atomic mass is 16.3. The van der Waals surface area contributed by atoms with Gasteiger partial charge < -0.3 is 18.6 Å². The topological polar surface area (TPSA) is 32.8 Å².